The van der Waals surface area contributed by atoms with E-state index in [1.54, 1.807) is 0 Å². The van der Waals surface area contributed by atoms with Crippen molar-refractivity contribution in [1.29, 1.82) is 0 Å². The van der Waals surface area contributed by atoms with Crippen LogP contribution in [0.25, 0.3) is 0 Å². The molecule has 0 radical (unpaired) electrons. The average molecular weight is 168 g/mol. The van der Waals surface area contributed by atoms with E-state index in [1.807, 2.05) is 0 Å². The number of hydrogen-bond donors (Lipinski definition) is 1. The van der Waals surface area contributed by atoms with E-state index >= 15 is 0 Å². The second kappa shape index (κ2) is 3.75. The fourth-order valence-electron chi connectivity index (χ4n) is 2.47. The molecule has 2 aliphatic heterocycles. The third-order valence-corrected chi connectivity index (χ3v) is 3.28. The Morgan fingerprint density at radius 1 is 1.17 bits per heavy atom. The summed E-state index contributed by atoms with van der Waals surface area (Å²) in [4.78, 5) is 2.70. The first kappa shape index (κ1) is 8.52. The monoisotopic (exact) mass is 168 g/mol. The Hall–Kier alpha value is -0.0800. The van der Waals surface area contributed by atoms with Crippen LogP contribution >= 0.6 is 0 Å². The minimum Gasteiger partial charge on any atom is -0.317 e. The molecule has 0 aliphatic carbocycles. The Kier molecular flexibility index (Phi) is 2.66. The summed E-state index contributed by atoms with van der Waals surface area (Å²) < 4.78 is 0. The van der Waals surface area contributed by atoms with Crippen LogP contribution in [0.4, 0.5) is 0 Å². The molecule has 0 bridgehead atoms. The van der Waals surface area contributed by atoms with Crippen LogP contribution in [-0.2, 0) is 0 Å². The van der Waals surface area contributed by atoms with Gasteiger partial charge in [-0.25, -0.2) is 0 Å². The summed E-state index contributed by atoms with van der Waals surface area (Å²) in [6.07, 6.45) is 4.16. The molecule has 2 saturated heterocycles. The van der Waals surface area contributed by atoms with Crippen molar-refractivity contribution < 1.29 is 0 Å². The third-order valence-electron chi connectivity index (χ3n) is 3.28. The van der Waals surface area contributed by atoms with Gasteiger partial charge >= 0.3 is 0 Å². The smallest absolute Gasteiger partial charge is 0.0119 e. The van der Waals surface area contributed by atoms with Crippen LogP contribution in [0.15, 0.2) is 0 Å². The van der Waals surface area contributed by atoms with Crippen molar-refractivity contribution in [2.75, 3.05) is 26.2 Å². The summed E-state index contributed by atoms with van der Waals surface area (Å²) in [6, 6.07) is 0.899. The van der Waals surface area contributed by atoms with Gasteiger partial charge in [-0.2, -0.15) is 0 Å². The SMILES string of the molecule is CC1CCN(C2CCNCC2)C1. The first-order valence-electron chi connectivity index (χ1n) is 5.31. The molecule has 0 aromatic heterocycles. The van der Waals surface area contributed by atoms with Gasteiger partial charge in [0, 0.05) is 12.6 Å². The lowest BCUT2D eigenvalue weighted by Crippen LogP contribution is -2.41. The molecule has 0 saturated carbocycles. The Morgan fingerprint density at radius 3 is 2.50 bits per heavy atom. The summed E-state index contributed by atoms with van der Waals surface area (Å²) in [5.41, 5.74) is 0. The second-order valence-corrected chi connectivity index (χ2v) is 4.37. The van der Waals surface area contributed by atoms with Crippen LogP contribution in [-0.4, -0.2) is 37.1 Å². The van der Waals surface area contributed by atoms with Crippen molar-refractivity contribution in [2.24, 2.45) is 5.92 Å². The first-order chi connectivity index (χ1) is 5.86. The van der Waals surface area contributed by atoms with Gasteiger partial charge in [0.1, 0.15) is 0 Å². The van der Waals surface area contributed by atoms with Crippen LogP contribution in [0.1, 0.15) is 26.2 Å². The topological polar surface area (TPSA) is 15.3 Å². The first-order valence-corrected chi connectivity index (χ1v) is 5.31. The van der Waals surface area contributed by atoms with Crippen molar-refractivity contribution in [3.8, 4) is 0 Å². The summed E-state index contributed by atoms with van der Waals surface area (Å²) >= 11 is 0. The van der Waals surface area contributed by atoms with Gasteiger partial charge in [0.05, 0.1) is 0 Å². The number of piperidine rings is 1. The summed E-state index contributed by atoms with van der Waals surface area (Å²) in [5, 5.41) is 3.42. The highest BCUT2D eigenvalue weighted by Gasteiger charge is 2.26. The van der Waals surface area contributed by atoms with Crippen molar-refractivity contribution in [3.05, 3.63) is 0 Å². The number of nitrogens with zero attached hydrogens (tertiary/aromatic N) is 1. The number of rotatable bonds is 1. The highest BCUT2D eigenvalue weighted by atomic mass is 15.2. The van der Waals surface area contributed by atoms with Crippen molar-refractivity contribution in [2.45, 2.75) is 32.2 Å². The molecule has 1 unspecified atom stereocenters. The maximum atomic E-state index is 3.42. The maximum absolute atomic E-state index is 3.42. The van der Waals surface area contributed by atoms with Gasteiger partial charge in [-0.1, -0.05) is 6.92 Å². The molecule has 70 valence electrons. The molecule has 0 aromatic rings. The second-order valence-electron chi connectivity index (χ2n) is 4.37. The highest BCUT2D eigenvalue weighted by Crippen LogP contribution is 2.21. The summed E-state index contributed by atoms with van der Waals surface area (Å²) in [5.74, 6) is 0.944. The molecule has 1 atom stereocenters. The van der Waals surface area contributed by atoms with Gasteiger partial charge in [-0.3, -0.25) is 0 Å². The molecular weight excluding hydrogens is 148 g/mol. The van der Waals surface area contributed by atoms with E-state index in [9.17, 15) is 0 Å². The summed E-state index contributed by atoms with van der Waals surface area (Å²) in [6.45, 7) is 7.54. The van der Waals surface area contributed by atoms with E-state index in [1.165, 1.54) is 45.4 Å². The van der Waals surface area contributed by atoms with Crippen LogP contribution in [0.5, 0.6) is 0 Å². The van der Waals surface area contributed by atoms with Gasteiger partial charge in [0.2, 0.25) is 0 Å². The van der Waals surface area contributed by atoms with E-state index in [4.69, 9.17) is 0 Å². The molecule has 2 fully saturated rings. The number of hydrogen-bond acceptors (Lipinski definition) is 2. The molecule has 2 nitrogen and oxygen atoms in total. The van der Waals surface area contributed by atoms with E-state index in [-0.39, 0.29) is 0 Å². The van der Waals surface area contributed by atoms with Crippen molar-refractivity contribution in [1.82, 2.24) is 10.2 Å². The number of likely N-dealkylation sites (tertiary alicyclic amines) is 1. The van der Waals surface area contributed by atoms with Gasteiger partial charge in [0.15, 0.2) is 0 Å². The van der Waals surface area contributed by atoms with Gasteiger partial charge < -0.3 is 10.2 Å². The quantitative estimate of drug-likeness (QED) is 0.630. The van der Waals surface area contributed by atoms with Gasteiger partial charge in [-0.15, -0.1) is 0 Å². The highest BCUT2D eigenvalue weighted by molar-refractivity contribution is 4.82. The third kappa shape index (κ3) is 1.80. The Bertz CT molecular complexity index is 138. The fraction of sp³-hybridized carbons (Fsp3) is 1.00. The standard InChI is InChI=1S/C10H20N2/c1-9-4-7-12(8-9)10-2-5-11-6-3-10/h9-11H,2-8H2,1H3. The lowest BCUT2D eigenvalue weighted by atomic mass is 10.1. The molecular formula is C10H20N2. The minimum absolute atomic E-state index is 0.899. The van der Waals surface area contributed by atoms with E-state index in [0.29, 0.717) is 0 Å². The zero-order valence-electron chi connectivity index (χ0n) is 8.05. The molecule has 2 rings (SSSR count). The minimum atomic E-state index is 0.899. The predicted octanol–water partition coefficient (Wildman–Crippen LogP) is 1.08. The zero-order chi connectivity index (χ0) is 8.39. The normalized spacial score (nSPS) is 34.2. The van der Waals surface area contributed by atoms with Gasteiger partial charge in [-0.05, 0) is 44.8 Å². The van der Waals surface area contributed by atoms with Crippen LogP contribution < -0.4 is 5.32 Å². The average Bonchev–Trinajstić information content (AvgIpc) is 2.54. The largest absolute Gasteiger partial charge is 0.317 e. The molecule has 0 spiro atoms. The van der Waals surface area contributed by atoms with Crippen LogP contribution in [0.2, 0.25) is 0 Å². The molecule has 12 heavy (non-hydrogen) atoms. The van der Waals surface area contributed by atoms with Crippen molar-refractivity contribution in [3.63, 3.8) is 0 Å². The molecule has 2 heterocycles. The Balaban J connectivity index is 1.83. The van der Waals surface area contributed by atoms with Crippen molar-refractivity contribution >= 4 is 0 Å². The van der Waals surface area contributed by atoms with E-state index < -0.39 is 0 Å². The molecule has 2 aliphatic rings. The van der Waals surface area contributed by atoms with Crippen LogP contribution in [0.3, 0.4) is 0 Å². The molecule has 1 N–H and O–H groups in total. The maximum Gasteiger partial charge on any atom is 0.0119 e. The molecule has 0 aromatic carbocycles. The lowest BCUT2D eigenvalue weighted by molar-refractivity contribution is 0.193. The Labute approximate surface area is 75.3 Å². The fourth-order valence-corrected chi connectivity index (χ4v) is 2.47. The van der Waals surface area contributed by atoms with E-state index in [2.05, 4.69) is 17.1 Å². The van der Waals surface area contributed by atoms with Crippen LogP contribution in [0, 0.1) is 5.92 Å². The predicted molar refractivity (Wildman–Crippen MR) is 51.2 cm³/mol. The Morgan fingerprint density at radius 2 is 1.92 bits per heavy atom. The lowest BCUT2D eigenvalue weighted by Gasteiger charge is -2.31. The summed E-state index contributed by atoms with van der Waals surface area (Å²) in [7, 11) is 0. The van der Waals surface area contributed by atoms with E-state index in [0.717, 1.165) is 12.0 Å². The zero-order valence-corrected chi connectivity index (χ0v) is 8.05. The number of nitrogens with one attached hydrogen (secondary N) is 1. The molecule has 0 amide bonds. The van der Waals surface area contributed by atoms with Gasteiger partial charge in [0.25, 0.3) is 0 Å². The molecule has 2 heteroatoms.